The first kappa shape index (κ1) is 19.3. The highest BCUT2D eigenvalue weighted by molar-refractivity contribution is 6.39. The molecule has 0 unspecified atom stereocenters. The third-order valence-electron chi connectivity index (χ3n) is 4.51. The van der Waals surface area contributed by atoms with Gasteiger partial charge in [-0.3, -0.25) is 9.59 Å². The number of rotatable bonds is 4. The molecule has 7 heteroatoms. The fourth-order valence-electron chi connectivity index (χ4n) is 2.90. The zero-order valence-electron chi connectivity index (χ0n) is 15.2. The van der Waals surface area contributed by atoms with Gasteiger partial charge in [-0.25, -0.2) is 0 Å². The second kappa shape index (κ2) is 7.62. The molecule has 2 N–H and O–H groups in total. The zero-order valence-corrected chi connectivity index (χ0v) is 16.7. The van der Waals surface area contributed by atoms with Crippen molar-refractivity contribution in [3.05, 3.63) is 63.3 Å². The molecular weight excluding hydrogens is 385 g/mol. The summed E-state index contributed by atoms with van der Waals surface area (Å²) in [6.07, 6.45) is 0. The SMILES string of the molecule is Cc1[nH]c2ccc(C(=O)N(C)CC(=O)Nc3c(Cl)cccc3Cl)cc2c1C. The fraction of sp³-hybridized carbons (Fsp3) is 0.200. The highest BCUT2D eigenvalue weighted by atomic mass is 35.5. The monoisotopic (exact) mass is 403 g/mol. The van der Waals surface area contributed by atoms with Crippen molar-refractivity contribution in [1.82, 2.24) is 9.88 Å². The lowest BCUT2D eigenvalue weighted by molar-refractivity contribution is -0.116. The predicted molar refractivity (Wildman–Crippen MR) is 110 cm³/mol. The highest BCUT2D eigenvalue weighted by Gasteiger charge is 2.18. The van der Waals surface area contributed by atoms with Crippen LogP contribution in [0.1, 0.15) is 21.6 Å². The highest BCUT2D eigenvalue weighted by Crippen LogP contribution is 2.29. The number of benzene rings is 2. The molecule has 0 aliphatic rings. The molecule has 0 atom stereocenters. The quantitative estimate of drug-likeness (QED) is 0.656. The van der Waals surface area contributed by atoms with E-state index in [0.717, 1.165) is 22.2 Å². The molecule has 27 heavy (non-hydrogen) atoms. The van der Waals surface area contributed by atoms with Gasteiger partial charge in [-0.05, 0) is 49.7 Å². The number of aromatic nitrogens is 1. The molecule has 0 spiro atoms. The van der Waals surface area contributed by atoms with Crippen LogP contribution in [0.25, 0.3) is 10.9 Å². The number of para-hydroxylation sites is 1. The normalized spacial score (nSPS) is 10.9. The van der Waals surface area contributed by atoms with Crippen LogP contribution in [0.3, 0.4) is 0 Å². The third-order valence-corrected chi connectivity index (χ3v) is 5.14. The number of aromatic amines is 1. The largest absolute Gasteiger partial charge is 0.358 e. The number of fused-ring (bicyclic) bond motifs is 1. The van der Waals surface area contributed by atoms with Crippen molar-refractivity contribution in [3.8, 4) is 0 Å². The van der Waals surface area contributed by atoms with Gasteiger partial charge in [-0.1, -0.05) is 29.3 Å². The maximum atomic E-state index is 12.7. The van der Waals surface area contributed by atoms with Gasteiger partial charge in [0.25, 0.3) is 5.91 Å². The maximum absolute atomic E-state index is 12.7. The van der Waals surface area contributed by atoms with Crippen molar-refractivity contribution in [2.24, 2.45) is 0 Å². The molecule has 0 bridgehead atoms. The van der Waals surface area contributed by atoms with Crippen LogP contribution in [0.15, 0.2) is 36.4 Å². The minimum Gasteiger partial charge on any atom is -0.358 e. The van der Waals surface area contributed by atoms with Gasteiger partial charge in [0.05, 0.1) is 22.3 Å². The van der Waals surface area contributed by atoms with Crippen LogP contribution in [0, 0.1) is 13.8 Å². The molecule has 1 aromatic heterocycles. The Hall–Kier alpha value is -2.50. The molecule has 3 aromatic rings. The number of likely N-dealkylation sites (N-methyl/N-ethyl adjacent to an activating group) is 1. The van der Waals surface area contributed by atoms with Crippen molar-refractivity contribution >= 4 is 51.6 Å². The minimum atomic E-state index is -0.379. The summed E-state index contributed by atoms with van der Waals surface area (Å²) in [6, 6.07) is 10.4. The van der Waals surface area contributed by atoms with E-state index >= 15 is 0 Å². The van der Waals surface area contributed by atoms with E-state index in [-0.39, 0.29) is 18.4 Å². The number of H-pyrrole nitrogens is 1. The van der Waals surface area contributed by atoms with Crippen LogP contribution in [0.5, 0.6) is 0 Å². The molecular formula is C20H19Cl2N3O2. The summed E-state index contributed by atoms with van der Waals surface area (Å²) >= 11 is 12.1. The molecule has 1 heterocycles. The summed E-state index contributed by atoms with van der Waals surface area (Å²) in [5.74, 6) is -0.619. The number of carbonyl (C=O) groups is 2. The Morgan fingerprint density at radius 3 is 2.44 bits per heavy atom. The molecule has 2 aromatic carbocycles. The standard InChI is InChI=1S/C20H19Cl2N3O2/c1-11-12(2)23-17-8-7-13(9-14(11)17)20(27)25(3)10-18(26)24-19-15(21)5-4-6-16(19)22/h4-9,23H,10H2,1-3H3,(H,24,26). The number of hydrogen-bond acceptors (Lipinski definition) is 2. The third kappa shape index (κ3) is 3.94. The fourth-order valence-corrected chi connectivity index (χ4v) is 3.39. The van der Waals surface area contributed by atoms with Crippen molar-refractivity contribution in [1.29, 1.82) is 0 Å². The Balaban J connectivity index is 1.74. The van der Waals surface area contributed by atoms with Crippen molar-refractivity contribution in [3.63, 3.8) is 0 Å². The summed E-state index contributed by atoms with van der Waals surface area (Å²) in [5.41, 5.74) is 4.02. The van der Waals surface area contributed by atoms with E-state index < -0.39 is 0 Å². The summed E-state index contributed by atoms with van der Waals surface area (Å²) in [5, 5.41) is 4.34. The van der Waals surface area contributed by atoms with Crippen molar-refractivity contribution in [2.75, 3.05) is 18.9 Å². The number of hydrogen-bond donors (Lipinski definition) is 2. The Kier molecular flexibility index (Phi) is 5.44. The molecule has 140 valence electrons. The smallest absolute Gasteiger partial charge is 0.254 e. The maximum Gasteiger partial charge on any atom is 0.254 e. The van der Waals surface area contributed by atoms with Crippen LogP contribution in [-0.2, 0) is 4.79 Å². The van der Waals surface area contributed by atoms with Gasteiger partial charge >= 0.3 is 0 Å². The molecule has 2 amide bonds. The van der Waals surface area contributed by atoms with E-state index in [1.54, 1.807) is 31.3 Å². The Bertz CT molecular complexity index is 1020. The zero-order chi connectivity index (χ0) is 19.7. The van der Waals surface area contributed by atoms with Crippen LogP contribution in [0.2, 0.25) is 10.0 Å². The van der Waals surface area contributed by atoms with E-state index in [0.29, 0.717) is 21.3 Å². The molecule has 0 aliphatic heterocycles. The van der Waals surface area contributed by atoms with Gasteiger partial charge in [0, 0.05) is 29.2 Å². The second-order valence-corrected chi connectivity index (χ2v) is 7.26. The van der Waals surface area contributed by atoms with Crippen LogP contribution < -0.4 is 5.32 Å². The lowest BCUT2D eigenvalue weighted by atomic mass is 10.1. The van der Waals surface area contributed by atoms with Crippen LogP contribution in [-0.4, -0.2) is 35.3 Å². The molecule has 0 saturated carbocycles. The van der Waals surface area contributed by atoms with Crippen LogP contribution >= 0.6 is 23.2 Å². The second-order valence-electron chi connectivity index (χ2n) is 6.44. The Morgan fingerprint density at radius 2 is 1.78 bits per heavy atom. The van der Waals surface area contributed by atoms with Crippen molar-refractivity contribution in [2.45, 2.75) is 13.8 Å². The van der Waals surface area contributed by atoms with Gasteiger partial charge in [0.15, 0.2) is 0 Å². The first-order valence-electron chi connectivity index (χ1n) is 8.36. The molecule has 0 radical (unpaired) electrons. The summed E-state index contributed by atoms with van der Waals surface area (Å²) in [7, 11) is 1.58. The first-order valence-corrected chi connectivity index (χ1v) is 9.11. The molecule has 0 saturated heterocycles. The average Bonchev–Trinajstić information content (AvgIpc) is 2.91. The Labute approximate surface area is 167 Å². The Morgan fingerprint density at radius 1 is 1.11 bits per heavy atom. The van der Waals surface area contributed by atoms with E-state index in [9.17, 15) is 9.59 Å². The first-order chi connectivity index (χ1) is 12.8. The van der Waals surface area contributed by atoms with Gasteiger partial charge in [-0.15, -0.1) is 0 Å². The van der Waals surface area contributed by atoms with Gasteiger partial charge < -0.3 is 15.2 Å². The van der Waals surface area contributed by atoms with Crippen molar-refractivity contribution < 1.29 is 9.59 Å². The van der Waals surface area contributed by atoms with Gasteiger partial charge in [-0.2, -0.15) is 0 Å². The number of aryl methyl sites for hydroxylation is 2. The summed E-state index contributed by atoms with van der Waals surface area (Å²) in [4.78, 5) is 29.7. The number of anilines is 1. The van der Waals surface area contributed by atoms with E-state index in [4.69, 9.17) is 23.2 Å². The summed E-state index contributed by atoms with van der Waals surface area (Å²) < 4.78 is 0. The number of nitrogens with zero attached hydrogens (tertiary/aromatic N) is 1. The molecule has 0 fully saturated rings. The molecule has 0 aliphatic carbocycles. The van der Waals surface area contributed by atoms with Gasteiger partial charge in [0.1, 0.15) is 0 Å². The van der Waals surface area contributed by atoms with E-state index in [2.05, 4.69) is 10.3 Å². The number of halogens is 2. The lowest BCUT2D eigenvalue weighted by Gasteiger charge is -2.17. The average molecular weight is 404 g/mol. The number of carbonyl (C=O) groups excluding carboxylic acids is 2. The lowest BCUT2D eigenvalue weighted by Crippen LogP contribution is -2.35. The van der Waals surface area contributed by atoms with Crippen LogP contribution in [0.4, 0.5) is 5.69 Å². The van der Waals surface area contributed by atoms with E-state index in [1.165, 1.54) is 4.90 Å². The topological polar surface area (TPSA) is 65.2 Å². The summed E-state index contributed by atoms with van der Waals surface area (Å²) in [6.45, 7) is 3.88. The molecule has 5 nitrogen and oxygen atoms in total. The number of amides is 2. The minimum absolute atomic E-state index is 0.121. The number of nitrogens with one attached hydrogen (secondary N) is 2. The molecule has 3 rings (SSSR count). The predicted octanol–water partition coefficient (Wildman–Crippen LogP) is 4.80. The van der Waals surface area contributed by atoms with Gasteiger partial charge in [0.2, 0.25) is 5.91 Å². The van der Waals surface area contributed by atoms with E-state index in [1.807, 2.05) is 26.0 Å².